The van der Waals surface area contributed by atoms with Crippen LogP contribution in [0.25, 0.3) is 0 Å². The Balaban J connectivity index is 2.03. The van der Waals surface area contributed by atoms with E-state index in [0.717, 1.165) is 10.6 Å². The van der Waals surface area contributed by atoms with Gasteiger partial charge in [0.15, 0.2) is 0 Å². The van der Waals surface area contributed by atoms with E-state index in [-0.39, 0.29) is 17.2 Å². The molecule has 0 saturated carbocycles. The van der Waals surface area contributed by atoms with Gasteiger partial charge < -0.3 is 10.4 Å². The Kier molecular flexibility index (Phi) is 4.09. The van der Waals surface area contributed by atoms with Crippen molar-refractivity contribution in [2.75, 3.05) is 0 Å². The van der Waals surface area contributed by atoms with Crippen molar-refractivity contribution < 1.29 is 9.90 Å². The summed E-state index contributed by atoms with van der Waals surface area (Å²) in [6, 6.07) is 7.01. The molecule has 0 radical (unpaired) electrons. The van der Waals surface area contributed by atoms with Gasteiger partial charge in [0.1, 0.15) is 11.4 Å². The molecule has 106 valence electrons. The molecular weight excluding hydrogens is 272 g/mol. The molecule has 5 heteroatoms. The molecule has 2 rings (SSSR count). The molecular formula is C15H18N2O2S. The minimum absolute atomic E-state index is 0.155. The third kappa shape index (κ3) is 3.81. The van der Waals surface area contributed by atoms with Crippen molar-refractivity contribution in [3.8, 4) is 5.75 Å². The number of hydrogen-bond acceptors (Lipinski definition) is 4. The lowest BCUT2D eigenvalue weighted by atomic mass is 9.94. The Morgan fingerprint density at radius 2 is 2.00 bits per heavy atom. The summed E-state index contributed by atoms with van der Waals surface area (Å²) in [5.41, 5.74) is 1.14. The van der Waals surface area contributed by atoms with Crippen molar-refractivity contribution >= 4 is 17.2 Å². The molecule has 0 aliphatic heterocycles. The lowest BCUT2D eigenvalue weighted by Crippen LogP contribution is -2.45. The number of nitrogens with one attached hydrogen (secondary N) is 1. The molecule has 0 spiro atoms. The van der Waals surface area contributed by atoms with Gasteiger partial charge in [-0.25, -0.2) is 4.98 Å². The number of nitrogens with zero attached hydrogens (tertiary/aromatic N) is 1. The first-order chi connectivity index (χ1) is 9.35. The minimum Gasteiger partial charge on any atom is -0.508 e. The van der Waals surface area contributed by atoms with Crippen LogP contribution in [-0.4, -0.2) is 21.5 Å². The first kappa shape index (κ1) is 14.5. The summed E-state index contributed by atoms with van der Waals surface area (Å²) in [5, 5.41) is 14.9. The first-order valence-electron chi connectivity index (χ1n) is 6.38. The van der Waals surface area contributed by atoms with Crippen molar-refractivity contribution in [3.63, 3.8) is 0 Å². The highest BCUT2D eigenvalue weighted by atomic mass is 32.1. The zero-order valence-electron chi connectivity index (χ0n) is 11.8. The molecule has 0 bridgehead atoms. The SMILES string of the molecule is Cc1nc(C(=O)NC(C)(C)Cc2ccc(O)cc2)cs1. The van der Waals surface area contributed by atoms with Gasteiger partial charge in [-0.1, -0.05) is 12.1 Å². The molecule has 4 nitrogen and oxygen atoms in total. The van der Waals surface area contributed by atoms with Gasteiger partial charge in [-0.05, 0) is 44.9 Å². The molecule has 0 fully saturated rings. The number of aryl methyl sites for hydroxylation is 1. The maximum atomic E-state index is 12.1. The largest absolute Gasteiger partial charge is 0.508 e. The van der Waals surface area contributed by atoms with Gasteiger partial charge in [0.25, 0.3) is 5.91 Å². The number of phenolic OH excluding ortho intramolecular Hbond substituents is 1. The highest BCUT2D eigenvalue weighted by Crippen LogP contribution is 2.17. The number of aromatic nitrogens is 1. The van der Waals surface area contributed by atoms with Crippen LogP contribution in [0.3, 0.4) is 0 Å². The lowest BCUT2D eigenvalue weighted by molar-refractivity contribution is 0.0908. The van der Waals surface area contributed by atoms with Crippen LogP contribution in [0.15, 0.2) is 29.6 Å². The highest BCUT2D eigenvalue weighted by molar-refractivity contribution is 7.09. The molecule has 0 saturated heterocycles. The van der Waals surface area contributed by atoms with E-state index in [0.29, 0.717) is 12.1 Å². The van der Waals surface area contributed by atoms with Gasteiger partial charge in [-0.2, -0.15) is 0 Å². The summed E-state index contributed by atoms with van der Waals surface area (Å²) in [6.45, 7) is 5.82. The van der Waals surface area contributed by atoms with Crippen LogP contribution in [-0.2, 0) is 6.42 Å². The van der Waals surface area contributed by atoms with Crippen molar-refractivity contribution in [1.29, 1.82) is 0 Å². The fraction of sp³-hybridized carbons (Fsp3) is 0.333. The normalized spacial score (nSPS) is 11.3. The number of carbonyl (C=O) groups excluding carboxylic acids is 1. The molecule has 1 heterocycles. The summed E-state index contributed by atoms with van der Waals surface area (Å²) in [6.07, 6.45) is 0.683. The molecule has 1 aromatic heterocycles. The summed E-state index contributed by atoms with van der Waals surface area (Å²) in [5.74, 6) is 0.0895. The minimum atomic E-state index is -0.383. The second-order valence-corrected chi connectivity index (χ2v) is 6.50. The van der Waals surface area contributed by atoms with Crippen LogP contribution in [0.2, 0.25) is 0 Å². The Bertz CT molecular complexity index is 603. The molecule has 20 heavy (non-hydrogen) atoms. The number of amides is 1. The number of carbonyl (C=O) groups is 1. The number of benzene rings is 1. The molecule has 2 aromatic rings. The first-order valence-corrected chi connectivity index (χ1v) is 7.26. The van der Waals surface area contributed by atoms with Gasteiger partial charge in [-0.3, -0.25) is 4.79 Å². The Morgan fingerprint density at radius 1 is 1.35 bits per heavy atom. The van der Waals surface area contributed by atoms with E-state index in [4.69, 9.17) is 0 Å². The Labute approximate surface area is 122 Å². The fourth-order valence-electron chi connectivity index (χ4n) is 2.01. The quantitative estimate of drug-likeness (QED) is 0.910. The second-order valence-electron chi connectivity index (χ2n) is 5.43. The van der Waals surface area contributed by atoms with Crippen molar-refractivity contribution in [3.05, 3.63) is 45.9 Å². The molecule has 2 N–H and O–H groups in total. The predicted molar refractivity (Wildman–Crippen MR) is 80.2 cm³/mol. The Morgan fingerprint density at radius 3 is 2.55 bits per heavy atom. The van der Waals surface area contributed by atoms with Crippen LogP contribution in [0.1, 0.15) is 34.9 Å². The number of hydrogen-bond donors (Lipinski definition) is 2. The van der Waals surface area contributed by atoms with Crippen LogP contribution in [0, 0.1) is 6.92 Å². The van der Waals surface area contributed by atoms with E-state index in [1.807, 2.05) is 32.9 Å². The van der Waals surface area contributed by atoms with E-state index < -0.39 is 0 Å². The van der Waals surface area contributed by atoms with Crippen LogP contribution >= 0.6 is 11.3 Å². The average molecular weight is 290 g/mol. The van der Waals surface area contributed by atoms with Gasteiger partial charge in [0.2, 0.25) is 0 Å². The van der Waals surface area contributed by atoms with Crippen LogP contribution in [0.4, 0.5) is 0 Å². The second kappa shape index (κ2) is 5.63. The molecule has 0 unspecified atom stereocenters. The molecule has 0 aliphatic rings. The van der Waals surface area contributed by atoms with Crippen molar-refractivity contribution in [2.24, 2.45) is 0 Å². The predicted octanol–water partition coefficient (Wildman–Crippen LogP) is 2.91. The Hall–Kier alpha value is -1.88. The van der Waals surface area contributed by atoms with E-state index in [1.54, 1.807) is 17.5 Å². The van der Waals surface area contributed by atoms with Crippen LogP contribution < -0.4 is 5.32 Å². The molecule has 0 atom stereocenters. The van der Waals surface area contributed by atoms with E-state index in [9.17, 15) is 9.90 Å². The van der Waals surface area contributed by atoms with E-state index >= 15 is 0 Å². The third-order valence-electron chi connectivity index (χ3n) is 2.89. The average Bonchev–Trinajstić information content (AvgIpc) is 2.78. The zero-order chi connectivity index (χ0) is 14.8. The van der Waals surface area contributed by atoms with Gasteiger partial charge in [0, 0.05) is 10.9 Å². The summed E-state index contributed by atoms with van der Waals surface area (Å²) < 4.78 is 0. The van der Waals surface area contributed by atoms with Gasteiger partial charge in [-0.15, -0.1) is 11.3 Å². The maximum absolute atomic E-state index is 12.1. The highest BCUT2D eigenvalue weighted by Gasteiger charge is 2.22. The summed E-state index contributed by atoms with van der Waals surface area (Å²) >= 11 is 1.46. The fourth-order valence-corrected chi connectivity index (χ4v) is 2.60. The zero-order valence-corrected chi connectivity index (χ0v) is 12.6. The van der Waals surface area contributed by atoms with Crippen LogP contribution in [0.5, 0.6) is 5.75 Å². The number of rotatable bonds is 4. The van der Waals surface area contributed by atoms with E-state index in [2.05, 4.69) is 10.3 Å². The summed E-state index contributed by atoms with van der Waals surface area (Å²) in [7, 11) is 0. The lowest BCUT2D eigenvalue weighted by Gasteiger charge is -2.26. The van der Waals surface area contributed by atoms with E-state index in [1.165, 1.54) is 11.3 Å². The van der Waals surface area contributed by atoms with Gasteiger partial charge in [0.05, 0.1) is 5.01 Å². The molecule has 1 aromatic carbocycles. The number of thiazole rings is 1. The standard InChI is InChI=1S/C15H18N2O2S/c1-10-16-13(9-20-10)14(19)17-15(2,3)8-11-4-6-12(18)7-5-11/h4-7,9,18H,8H2,1-3H3,(H,17,19). The monoisotopic (exact) mass is 290 g/mol. The molecule has 1 amide bonds. The number of aromatic hydroxyl groups is 1. The summed E-state index contributed by atoms with van der Waals surface area (Å²) in [4.78, 5) is 16.3. The maximum Gasteiger partial charge on any atom is 0.271 e. The van der Waals surface area contributed by atoms with Crippen molar-refractivity contribution in [2.45, 2.75) is 32.7 Å². The van der Waals surface area contributed by atoms with Crippen molar-refractivity contribution in [1.82, 2.24) is 10.3 Å². The topological polar surface area (TPSA) is 62.2 Å². The molecule has 0 aliphatic carbocycles. The smallest absolute Gasteiger partial charge is 0.271 e. The third-order valence-corrected chi connectivity index (χ3v) is 3.66. The van der Waals surface area contributed by atoms with Gasteiger partial charge >= 0.3 is 0 Å². The number of phenols is 1.